The zero-order valence-corrected chi connectivity index (χ0v) is 15.8. The quantitative estimate of drug-likeness (QED) is 0.514. The van der Waals surface area contributed by atoms with Gasteiger partial charge in [0.15, 0.2) is 0 Å². The minimum absolute atomic E-state index is 0.00902. The number of nitrogens with zero attached hydrogens (tertiary/aromatic N) is 2. The number of carbonyl (C=O) groups excluding carboxylic acids is 1. The number of hydrogen-bond donors (Lipinski definition) is 3. The van der Waals surface area contributed by atoms with E-state index in [0.717, 1.165) is 17.1 Å². The van der Waals surface area contributed by atoms with Crippen molar-refractivity contribution in [1.82, 2.24) is 4.90 Å². The van der Waals surface area contributed by atoms with Gasteiger partial charge in [0.1, 0.15) is 11.6 Å². The number of para-hydroxylation sites is 1. The van der Waals surface area contributed by atoms with E-state index in [1.165, 1.54) is 11.1 Å². The van der Waals surface area contributed by atoms with Crippen molar-refractivity contribution < 1.29 is 14.7 Å². The van der Waals surface area contributed by atoms with Crippen molar-refractivity contribution in [3.63, 3.8) is 0 Å². The molecule has 7 nitrogen and oxygen atoms in total. The van der Waals surface area contributed by atoms with E-state index in [4.69, 9.17) is 5.11 Å². The Morgan fingerprint density at radius 2 is 1.59 bits per heavy atom. The van der Waals surface area contributed by atoms with Gasteiger partial charge < -0.3 is 20.6 Å². The van der Waals surface area contributed by atoms with Crippen LogP contribution in [-0.4, -0.2) is 35.0 Å². The smallest absolute Gasteiger partial charge is 0.306 e. The van der Waals surface area contributed by atoms with Gasteiger partial charge in [0, 0.05) is 36.4 Å². The van der Waals surface area contributed by atoms with Crippen LogP contribution in [0.15, 0.2) is 66.4 Å². The van der Waals surface area contributed by atoms with Crippen LogP contribution in [0, 0.1) is 17.2 Å². The van der Waals surface area contributed by atoms with Crippen LogP contribution in [0.2, 0.25) is 0 Å². The topological polar surface area (TPSA) is 105 Å². The van der Waals surface area contributed by atoms with E-state index < -0.39 is 11.9 Å². The predicted molar refractivity (Wildman–Crippen MR) is 110 cm³/mol. The van der Waals surface area contributed by atoms with E-state index in [1.54, 1.807) is 0 Å². The van der Waals surface area contributed by atoms with Gasteiger partial charge in [-0.1, -0.05) is 18.2 Å². The van der Waals surface area contributed by atoms with E-state index >= 15 is 0 Å². The van der Waals surface area contributed by atoms with E-state index in [2.05, 4.69) is 10.6 Å². The van der Waals surface area contributed by atoms with Crippen molar-refractivity contribution in [3.8, 4) is 6.07 Å². The summed E-state index contributed by atoms with van der Waals surface area (Å²) in [5, 5.41) is 24.7. The van der Waals surface area contributed by atoms with Crippen LogP contribution in [0.3, 0.4) is 0 Å². The zero-order chi connectivity index (χ0) is 20.6. The number of nitrogens with one attached hydrogen (secondary N) is 2. The van der Waals surface area contributed by atoms with Crippen LogP contribution in [0.5, 0.6) is 0 Å². The monoisotopic (exact) mass is 390 g/mol. The predicted octanol–water partition coefficient (Wildman–Crippen LogP) is 3.57. The molecule has 0 saturated carbocycles. The number of amides is 1. The molecule has 0 bridgehead atoms. The summed E-state index contributed by atoms with van der Waals surface area (Å²) in [7, 11) is 0. The summed E-state index contributed by atoms with van der Waals surface area (Å²) in [6, 6.07) is 19.2. The highest BCUT2D eigenvalue weighted by Crippen LogP contribution is 2.20. The number of piperidine rings is 1. The molecule has 7 heteroatoms. The minimum Gasteiger partial charge on any atom is -0.481 e. The Labute approximate surface area is 169 Å². The normalized spacial score (nSPS) is 14.7. The first-order chi connectivity index (χ1) is 14.1. The largest absolute Gasteiger partial charge is 0.481 e. The fraction of sp³-hybridized carbons (Fsp3) is 0.227. The fourth-order valence-electron chi connectivity index (χ4n) is 3.14. The second-order valence-electron chi connectivity index (χ2n) is 6.79. The van der Waals surface area contributed by atoms with Crippen molar-refractivity contribution in [2.45, 2.75) is 12.8 Å². The number of carbonyl (C=O) groups is 2. The summed E-state index contributed by atoms with van der Waals surface area (Å²) in [6.07, 6.45) is 2.21. The molecule has 0 aromatic heterocycles. The summed E-state index contributed by atoms with van der Waals surface area (Å²) in [6.45, 7) is 0.684. The fourth-order valence-corrected chi connectivity index (χ4v) is 3.14. The first kappa shape index (κ1) is 20.0. The number of rotatable bonds is 6. The molecule has 3 rings (SSSR count). The Kier molecular flexibility index (Phi) is 6.48. The molecule has 1 saturated heterocycles. The van der Waals surface area contributed by atoms with E-state index in [1.807, 2.05) is 60.7 Å². The standard InChI is InChI=1S/C22H22N4O3/c23-14-17(21(27)26-12-10-16(11-13-26)22(28)29)15-24-18-6-8-20(9-7-18)25-19-4-2-1-3-5-19/h1-9,15-16,24-25H,10-13H2,(H,28,29)/b17-15-. The average Bonchev–Trinajstić information content (AvgIpc) is 2.76. The van der Waals surface area contributed by atoms with E-state index in [0.29, 0.717) is 25.9 Å². The summed E-state index contributed by atoms with van der Waals surface area (Å²) >= 11 is 0. The lowest BCUT2D eigenvalue weighted by molar-refractivity contribution is -0.145. The summed E-state index contributed by atoms with van der Waals surface area (Å²) in [4.78, 5) is 25.1. The molecule has 1 aliphatic heterocycles. The summed E-state index contributed by atoms with van der Waals surface area (Å²) in [5.41, 5.74) is 2.64. The molecule has 0 spiro atoms. The maximum atomic E-state index is 12.5. The molecule has 29 heavy (non-hydrogen) atoms. The van der Waals surface area contributed by atoms with Crippen molar-refractivity contribution in [3.05, 3.63) is 66.4 Å². The Bertz CT molecular complexity index is 925. The molecule has 3 N–H and O–H groups in total. The van der Waals surface area contributed by atoms with Crippen LogP contribution in [0.1, 0.15) is 12.8 Å². The molecule has 0 aliphatic carbocycles. The SMILES string of the molecule is N#C/C(=C/Nc1ccc(Nc2ccccc2)cc1)C(=O)N1CCC(C(=O)O)CC1. The molecule has 2 aromatic rings. The van der Waals surface area contributed by atoms with Gasteiger partial charge in [0.2, 0.25) is 0 Å². The number of carboxylic acids is 1. The number of anilines is 3. The lowest BCUT2D eigenvalue weighted by Crippen LogP contribution is -2.40. The third kappa shape index (κ3) is 5.36. The molecule has 0 unspecified atom stereocenters. The summed E-state index contributed by atoms with van der Waals surface area (Å²) in [5.74, 6) is -1.64. The van der Waals surface area contributed by atoms with Crippen LogP contribution in [0.25, 0.3) is 0 Å². The maximum absolute atomic E-state index is 12.5. The van der Waals surface area contributed by atoms with Gasteiger partial charge in [0.05, 0.1) is 5.92 Å². The van der Waals surface area contributed by atoms with Crippen LogP contribution in [0.4, 0.5) is 17.1 Å². The number of likely N-dealkylation sites (tertiary alicyclic amines) is 1. The lowest BCUT2D eigenvalue weighted by Gasteiger charge is -2.29. The van der Waals surface area contributed by atoms with Crippen LogP contribution >= 0.6 is 0 Å². The Morgan fingerprint density at radius 1 is 1.00 bits per heavy atom. The highest BCUT2D eigenvalue weighted by atomic mass is 16.4. The molecule has 0 radical (unpaired) electrons. The van der Waals surface area contributed by atoms with Crippen LogP contribution < -0.4 is 10.6 Å². The molecule has 1 fully saturated rings. The zero-order valence-electron chi connectivity index (χ0n) is 15.8. The highest BCUT2D eigenvalue weighted by Gasteiger charge is 2.28. The van der Waals surface area contributed by atoms with Crippen molar-refractivity contribution in [2.24, 2.45) is 5.92 Å². The van der Waals surface area contributed by atoms with Crippen molar-refractivity contribution in [1.29, 1.82) is 5.26 Å². The molecule has 2 aromatic carbocycles. The van der Waals surface area contributed by atoms with Gasteiger partial charge in [-0.15, -0.1) is 0 Å². The van der Waals surface area contributed by atoms with E-state index in [9.17, 15) is 14.9 Å². The highest BCUT2D eigenvalue weighted by molar-refractivity contribution is 5.97. The second kappa shape index (κ2) is 9.42. The maximum Gasteiger partial charge on any atom is 0.306 e. The van der Waals surface area contributed by atoms with Gasteiger partial charge >= 0.3 is 5.97 Å². The van der Waals surface area contributed by atoms with Crippen LogP contribution in [-0.2, 0) is 9.59 Å². The third-order valence-corrected chi connectivity index (χ3v) is 4.81. The molecule has 1 amide bonds. The number of nitriles is 1. The number of carboxylic acid groups (broad SMARTS) is 1. The van der Waals surface area contributed by atoms with Crippen molar-refractivity contribution >= 4 is 28.9 Å². The molecular formula is C22H22N4O3. The van der Waals surface area contributed by atoms with Gasteiger partial charge in [-0.2, -0.15) is 5.26 Å². The first-order valence-corrected chi connectivity index (χ1v) is 9.38. The Morgan fingerprint density at radius 3 is 2.17 bits per heavy atom. The Hall–Kier alpha value is -3.79. The lowest BCUT2D eigenvalue weighted by atomic mass is 9.97. The van der Waals surface area contributed by atoms with Gasteiger partial charge in [0.25, 0.3) is 5.91 Å². The Balaban J connectivity index is 1.58. The molecular weight excluding hydrogens is 368 g/mol. The number of benzene rings is 2. The molecule has 1 heterocycles. The average molecular weight is 390 g/mol. The first-order valence-electron chi connectivity index (χ1n) is 9.38. The number of aliphatic carboxylic acids is 1. The molecule has 148 valence electrons. The number of hydrogen-bond acceptors (Lipinski definition) is 5. The second-order valence-corrected chi connectivity index (χ2v) is 6.79. The molecule has 0 atom stereocenters. The van der Waals surface area contributed by atoms with Crippen molar-refractivity contribution in [2.75, 3.05) is 23.7 Å². The van der Waals surface area contributed by atoms with E-state index in [-0.39, 0.29) is 11.5 Å². The molecule has 1 aliphatic rings. The third-order valence-electron chi connectivity index (χ3n) is 4.81. The van der Waals surface area contributed by atoms with Gasteiger partial charge in [-0.25, -0.2) is 0 Å². The van der Waals surface area contributed by atoms with Gasteiger partial charge in [-0.3, -0.25) is 9.59 Å². The minimum atomic E-state index is -0.833. The summed E-state index contributed by atoms with van der Waals surface area (Å²) < 4.78 is 0. The van der Waals surface area contributed by atoms with Gasteiger partial charge in [-0.05, 0) is 49.2 Å².